The Bertz CT molecular complexity index is 753. The molecule has 5 nitrogen and oxygen atoms in total. The van der Waals surface area contributed by atoms with Gasteiger partial charge in [-0.2, -0.15) is 9.61 Å². The van der Waals surface area contributed by atoms with E-state index in [9.17, 15) is 5.11 Å². The number of rotatable bonds is 1. The van der Waals surface area contributed by atoms with Crippen molar-refractivity contribution < 1.29 is 5.11 Å². The number of hydrogen-bond donors (Lipinski definition) is 1. The van der Waals surface area contributed by atoms with Crippen molar-refractivity contribution in [1.82, 2.24) is 14.6 Å². The molecule has 2 aromatic heterocycles. The predicted octanol–water partition coefficient (Wildman–Crippen LogP) is 2.79. The number of piperidine rings is 1. The maximum Gasteiger partial charge on any atom is 0.160 e. The Labute approximate surface area is 137 Å². The van der Waals surface area contributed by atoms with E-state index in [0.29, 0.717) is 5.92 Å². The maximum atomic E-state index is 10.9. The highest BCUT2D eigenvalue weighted by molar-refractivity contribution is 5.57. The SMILES string of the molecule is Cc1cc(N2CC[C@@]3(O)CCCC[C@H]3C2)n2nc(C)c(C)c2n1. The van der Waals surface area contributed by atoms with Gasteiger partial charge in [0.25, 0.3) is 0 Å². The molecule has 0 amide bonds. The normalized spacial score (nSPS) is 28.2. The minimum atomic E-state index is -0.439. The van der Waals surface area contributed by atoms with E-state index in [1.54, 1.807) is 0 Å². The summed E-state index contributed by atoms with van der Waals surface area (Å²) in [6.45, 7) is 7.99. The lowest BCUT2D eigenvalue weighted by molar-refractivity contribution is -0.0614. The molecule has 1 aliphatic heterocycles. The fourth-order valence-corrected chi connectivity index (χ4v) is 4.34. The van der Waals surface area contributed by atoms with Crippen LogP contribution in [0.15, 0.2) is 6.07 Å². The highest BCUT2D eigenvalue weighted by Crippen LogP contribution is 2.41. The van der Waals surface area contributed by atoms with Gasteiger partial charge in [0.05, 0.1) is 11.3 Å². The summed E-state index contributed by atoms with van der Waals surface area (Å²) in [5.41, 5.74) is 3.74. The molecule has 1 aliphatic carbocycles. The average Bonchev–Trinajstić information content (AvgIpc) is 2.81. The first-order valence-corrected chi connectivity index (χ1v) is 8.79. The first-order chi connectivity index (χ1) is 11.0. The Kier molecular flexibility index (Phi) is 3.38. The molecule has 1 saturated heterocycles. The molecule has 5 heteroatoms. The summed E-state index contributed by atoms with van der Waals surface area (Å²) in [5, 5.41) is 15.6. The molecule has 2 atom stereocenters. The molecule has 1 saturated carbocycles. The van der Waals surface area contributed by atoms with Gasteiger partial charge >= 0.3 is 0 Å². The van der Waals surface area contributed by atoms with E-state index in [4.69, 9.17) is 5.10 Å². The molecule has 1 N–H and O–H groups in total. The summed E-state index contributed by atoms with van der Waals surface area (Å²) in [7, 11) is 0. The van der Waals surface area contributed by atoms with Crippen LogP contribution in [0.25, 0.3) is 5.65 Å². The molecular formula is C18H26N4O. The molecule has 2 fully saturated rings. The van der Waals surface area contributed by atoms with Crippen molar-refractivity contribution >= 4 is 11.5 Å². The minimum absolute atomic E-state index is 0.381. The second kappa shape index (κ2) is 5.20. The first-order valence-electron chi connectivity index (χ1n) is 8.79. The van der Waals surface area contributed by atoms with E-state index in [2.05, 4.69) is 22.9 Å². The fraction of sp³-hybridized carbons (Fsp3) is 0.667. The number of aryl methyl sites for hydroxylation is 3. The van der Waals surface area contributed by atoms with Crippen LogP contribution in [0.4, 0.5) is 5.82 Å². The zero-order chi connectivity index (χ0) is 16.2. The third-order valence-electron chi connectivity index (χ3n) is 5.92. The summed E-state index contributed by atoms with van der Waals surface area (Å²) < 4.78 is 1.99. The van der Waals surface area contributed by atoms with Gasteiger partial charge in [-0.05, 0) is 40.0 Å². The second-order valence-corrected chi connectivity index (χ2v) is 7.44. The van der Waals surface area contributed by atoms with Gasteiger partial charge in [0.15, 0.2) is 5.65 Å². The summed E-state index contributed by atoms with van der Waals surface area (Å²) in [4.78, 5) is 7.07. The lowest BCUT2D eigenvalue weighted by Crippen LogP contribution is -2.53. The molecule has 0 radical (unpaired) electrons. The molecule has 0 bridgehead atoms. The lowest BCUT2D eigenvalue weighted by Gasteiger charge is -2.48. The van der Waals surface area contributed by atoms with Crippen LogP contribution in [0.2, 0.25) is 0 Å². The van der Waals surface area contributed by atoms with Crippen molar-refractivity contribution in [3.8, 4) is 0 Å². The predicted molar refractivity (Wildman–Crippen MR) is 90.9 cm³/mol. The Balaban J connectivity index is 1.74. The molecule has 2 aromatic rings. The lowest BCUT2D eigenvalue weighted by atomic mass is 9.71. The third-order valence-corrected chi connectivity index (χ3v) is 5.92. The minimum Gasteiger partial charge on any atom is -0.389 e. The highest BCUT2D eigenvalue weighted by atomic mass is 16.3. The summed E-state index contributed by atoms with van der Waals surface area (Å²) in [6.07, 6.45) is 5.38. The first kappa shape index (κ1) is 14.9. The van der Waals surface area contributed by atoms with Gasteiger partial charge in [-0.25, -0.2) is 4.98 Å². The average molecular weight is 314 g/mol. The van der Waals surface area contributed by atoms with Gasteiger partial charge in [0.1, 0.15) is 5.82 Å². The molecular weight excluding hydrogens is 288 g/mol. The maximum absolute atomic E-state index is 10.9. The van der Waals surface area contributed by atoms with Gasteiger partial charge in [-0.15, -0.1) is 0 Å². The molecule has 4 rings (SSSR count). The van der Waals surface area contributed by atoms with Crippen LogP contribution in [0.5, 0.6) is 0 Å². The summed E-state index contributed by atoms with van der Waals surface area (Å²) in [6, 6.07) is 2.13. The number of nitrogens with zero attached hydrogens (tertiary/aromatic N) is 4. The third kappa shape index (κ3) is 2.33. The number of fused-ring (bicyclic) bond motifs is 2. The van der Waals surface area contributed by atoms with Crippen LogP contribution in [0, 0.1) is 26.7 Å². The van der Waals surface area contributed by atoms with E-state index in [1.807, 2.05) is 18.4 Å². The largest absolute Gasteiger partial charge is 0.389 e. The van der Waals surface area contributed by atoms with Crippen molar-refractivity contribution in [3.63, 3.8) is 0 Å². The van der Waals surface area contributed by atoms with Crippen molar-refractivity contribution in [3.05, 3.63) is 23.0 Å². The van der Waals surface area contributed by atoms with E-state index >= 15 is 0 Å². The van der Waals surface area contributed by atoms with Crippen LogP contribution in [-0.2, 0) is 0 Å². The highest BCUT2D eigenvalue weighted by Gasteiger charge is 2.43. The topological polar surface area (TPSA) is 53.7 Å². The Morgan fingerprint density at radius 1 is 1.22 bits per heavy atom. The molecule has 2 aliphatic rings. The molecule has 3 heterocycles. The van der Waals surface area contributed by atoms with Crippen LogP contribution >= 0.6 is 0 Å². The molecule has 0 aromatic carbocycles. The molecule has 0 spiro atoms. The van der Waals surface area contributed by atoms with Crippen LogP contribution < -0.4 is 4.90 Å². The van der Waals surface area contributed by atoms with Crippen LogP contribution in [-0.4, -0.2) is 38.4 Å². The Morgan fingerprint density at radius 3 is 2.87 bits per heavy atom. The zero-order valence-electron chi connectivity index (χ0n) is 14.3. The summed E-state index contributed by atoms with van der Waals surface area (Å²) in [5.74, 6) is 1.50. The quantitative estimate of drug-likeness (QED) is 0.879. The number of aliphatic hydroxyl groups is 1. The molecule has 23 heavy (non-hydrogen) atoms. The van der Waals surface area contributed by atoms with Gasteiger partial charge in [-0.3, -0.25) is 0 Å². The van der Waals surface area contributed by atoms with Crippen molar-refractivity contribution in [2.45, 2.75) is 58.5 Å². The zero-order valence-corrected chi connectivity index (χ0v) is 14.3. The van der Waals surface area contributed by atoms with Crippen molar-refractivity contribution in [2.24, 2.45) is 5.92 Å². The van der Waals surface area contributed by atoms with Crippen molar-refractivity contribution in [1.29, 1.82) is 0 Å². The van der Waals surface area contributed by atoms with Gasteiger partial charge < -0.3 is 10.0 Å². The van der Waals surface area contributed by atoms with Crippen LogP contribution in [0.1, 0.15) is 49.1 Å². The smallest absolute Gasteiger partial charge is 0.160 e. The van der Waals surface area contributed by atoms with E-state index in [-0.39, 0.29) is 0 Å². The number of aromatic nitrogens is 3. The Morgan fingerprint density at radius 2 is 2.04 bits per heavy atom. The molecule has 124 valence electrons. The fourth-order valence-electron chi connectivity index (χ4n) is 4.34. The van der Waals surface area contributed by atoms with Crippen molar-refractivity contribution in [2.75, 3.05) is 18.0 Å². The van der Waals surface area contributed by atoms with Gasteiger partial charge in [0.2, 0.25) is 0 Å². The van der Waals surface area contributed by atoms with Crippen LogP contribution in [0.3, 0.4) is 0 Å². The number of hydrogen-bond acceptors (Lipinski definition) is 4. The van der Waals surface area contributed by atoms with Gasteiger partial charge in [0, 0.05) is 36.3 Å². The molecule has 0 unspecified atom stereocenters. The standard InChI is InChI=1S/C18H26N4O/c1-12-10-16(22-17(19-12)13(2)14(3)20-22)21-9-8-18(23)7-5-4-6-15(18)11-21/h10,15,23H,4-9,11H2,1-3H3/t15-,18-/m0/s1. The van der Waals surface area contributed by atoms with E-state index in [1.165, 1.54) is 12.8 Å². The monoisotopic (exact) mass is 314 g/mol. The second-order valence-electron chi connectivity index (χ2n) is 7.44. The summed E-state index contributed by atoms with van der Waals surface area (Å²) >= 11 is 0. The van der Waals surface area contributed by atoms with Gasteiger partial charge in [-0.1, -0.05) is 12.8 Å². The van der Waals surface area contributed by atoms with E-state index in [0.717, 1.165) is 60.8 Å². The van der Waals surface area contributed by atoms with E-state index < -0.39 is 5.60 Å². The number of anilines is 1. The Hall–Kier alpha value is -1.62.